The van der Waals surface area contributed by atoms with E-state index in [1.165, 1.54) is 19.3 Å². The number of piperidine rings is 1. The molecule has 2 aliphatic heterocycles. The van der Waals surface area contributed by atoms with Crippen molar-refractivity contribution >= 4 is 17.0 Å². The fraction of sp³-hybridized carbons (Fsp3) is 0.600. The first kappa shape index (κ1) is 16.6. The lowest BCUT2D eigenvalue weighted by Gasteiger charge is -2.35. The van der Waals surface area contributed by atoms with Gasteiger partial charge in [0.1, 0.15) is 5.52 Å². The fourth-order valence-corrected chi connectivity index (χ4v) is 4.19. The Kier molecular flexibility index (Phi) is 4.75. The number of nitrogens with zero attached hydrogens (tertiary/aromatic N) is 3. The third-order valence-corrected chi connectivity index (χ3v) is 5.77. The predicted molar refractivity (Wildman–Crippen MR) is 97.5 cm³/mol. The van der Waals surface area contributed by atoms with Crippen molar-refractivity contribution in [3.63, 3.8) is 0 Å². The molecule has 0 saturated carbocycles. The Morgan fingerprint density at radius 1 is 1.08 bits per heavy atom. The summed E-state index contributed by atoms with van der Waals surface area (Å²) >= 11 is 0. The summed E-state index contributed by atoms with van der Waals surface area (Å²) in [7, 11) is 2.10. The standard InChI is InChI=1S/C20H27N3O2/c1-22-12-6-2-3-8-17(22)20(24)23-13-10-15(11-14-23)19-21-16-7-4-5-9-18(16)25-19/h4-5,7,9,15,17H,2-3,6,8,10-14H2,1H3. The van der Waals surface area contributed by atoms with Gasteiger partial charge in [0.15, 0.2) is 11.5 Å². The van der Waals surface area contributed by atoms with Crippen molar-refractivity contribution in [3.05, 3.63) is 30.2 Å². The van der Waals surface area contributed by atoms with Crippen molar-refractivity contribution in [2.75, 3.05) is 26.7 Å². The van der Waals surface area contributed by atoms with Crippen LogP contribution in [0.25, 0.3) is 11.1 Å². The molecule has 0 spiro atoms. The zero-order valence-electron chi connectivity index (χ0n) is 15.0. The number of fused-ring (bicyclic) bond motifs is 1. The highest BCUT2D eigenvalue weighted by Crippen LogP contribution is 2.30. The molecule has 2 fully saturated rings. The van der Waals surface area contributed by atoms with Gasteiger partial charge in [-0.2, -0.15) is 0 Å². The van der Waals surface area contributed by atoms with E-state index in [9.17, 15) is 4.79 Å². The van der Waals surface area contributed by atoms with Gasteiger partial charge in [-0.05, 0) is 51.4 Å². The molecule has 1 aromatic heterocycles. The van der Waals surface area contributed by atoms with Crippen LogP contribution < -0.4 is 0 Å². The van der Waals surface area contributed by atoms with E-state index in [0.29, 0.717) is 11.8 Å². The first-order valence-electron chi connectivity index (χ1n) is 9.57. The van der Waals surface area contributed by atoms with Gasteiger partial charge < -0.3 is 9.32 Å². The van der Waals surface area contributed by atoms with Gasteiger partial charge in [-0.3, -0.25) is 9.69 Å². The van der Waals surface area contributed by atoms with Crippen molar-refractivity contribution in [1.82, 2.24) is 14.8 Å². The van der Waals surface area contributed by atoms with Crippen molar-refractivity contribution in [1.29, 1.82) is 0 Å². The number of hydrogen-bond acceptors (Lipinski definition) is 4. The molecule has 4 rings (SSSR count). The maximum absolute atomic E-state index is 12.9. The summed E-state index contributed by atoms with van der Waals surface area (Å²) < 4.78 is 5.93. The zero-order valence-corrected chi connectivity index (χ0v) is 15.0. The molecule has 2 aromatic rings. The Morgan fingerprint density at radius 3 is 2.68 bits per heavy atom. The summed E-state index contributed by atoms with van der Waals surface area (Å²) in [6.45, 7) is 2.66. The van der Waals surface area contributed by atoms with E-state index in [0.717, 1.165) is 55.9 Å². The minimum Gasteiger partial charge on any atom is -0.440 e. The Balaban J connectivity index is 1.39. The topological polar surface area (TPSA) is 49.6 Å². The van der Waals surface area contributed by atoms with Crippen LogP contribution in [0.3, 0.4) is 0 Å². The SMILES string of the molecule is CN1CCCCCC1C(=O)N1CCC(c2nc3ccccc3o2)CC1. The van der Waals surface area contributed by atoms with Gasteiger partial charge in [0, 0.05) is 19.0 Å². The lowest BCUT2D eigenvalue weighted by atomic mass is 9.96. The number of para-hydroxylation sites is 2. The quantitative estimate of drug-likeness (QED) is 0.840. The van der Waals surface area contributed by atoms with Crippen LogP contribution >= 0.6 is 0 Å². The van der Waals surface area contributed by atoms with E-state index in [-0.39, 0.29) is 6.04 Å². The molecule has 5 nitrogen and oxygen atoms in total. The smallest absolute Gasteiger partial charge is 0.239 e. The molecule has 0 bridgehead atoms. The van der Waals surface area contributed by atoms with Crippen LogP contribution in [0.2, 0.25) is 0 Å². The summed E-state index contributed by atoms with van der Waals surface area (Å²) in [4.78, 5) is 21.9. The average Bonchev–Trinajstić information content (AvgIpc) is 2.97. The largest absolute Gasteiger partial charge is 0.440 e. The summed E-state index contributed by atoms with van der Waals surface area (Å²) in [5, 5.41) is 0. The molecule has 25 heavy (non-hydrogen) atoms. The molecule has 0 aliphatic carbocycles. The van der Waals surface area contributed by atoms with Crippen molar-refractivity contribution in [3.8, 4) is 0 Å². The van der Waals surface area contributed by atoms with Crippen LogP contribution in [0.5, 0.6) is 0 Å². The third-order valence-electron chi connectivity index (χ3n) is 5.77. The van der Waals surface area contributed by atoms with Gasteiger partial charge in [-0.25, -0.2) is 4.98 Å². The Hall–Kier alpha value is -1.88. The Labute approximate surface area is 149 Å². The number of amides is 1. The van der Waals surface area contributed by atoms with Crippen LogP contribution in [0.1, 0.15) is 50.3 Å². The first-order valence-corrected chi connectivity index (χ1v) is 9.57. The highest BCUT2D eigenvalue weighted by Gasteiger charge is 2.32. The molecule has 1 aromatic carbocycles. The molecule has 2 saturated heterocycles. The lowest BCUT2D eigenvalue weighted by Crippen LogP contribution is -2.49. The second-order valence-electron chi connectivity index (χ2n) is 7.47. The average molecular weight is 341 g/mol. The van der Waals surface area contributed by atoms with Crippen LogP contribution in [0.15, 0.2) is 28.7 Å². The maximum atomic E-state index is 12.9. The van der Waals surface area contributed by atoms with E-state index >= 15 is 0 Å². The fourth-order valence-electron chi connectivity index (χ4n) is 4.19. The molecule has 1 unspecified atom stereocenters. The van der Waals surface area contributed by atoms with Crippen LogP contribution in [0, 0.1) is 0 Å². The molecule has 2 aliphatic rings. The third kappa shape index (κ3) is 3.43. The van der Waals surface area contributed by atoms with Gasteiger partial charge >= 0.3 is 0 Å². The Bertz CT molecular complexity index is 700. The number of likely N-dealkylation sites (N-methyl/N-ethyl adjacent to an activating group) is 1. The van der Waals surface area contributed by atoms with Crippen molar-refractivity contribution in [2.24, 2.45) is 0 Å². The zero-order chi connectivity index (χ0) is 17.2. The number of rotatable bonds is 2. The first-order chi connectivity index (χ1) is 12.2. The molecule has 134 valence electrons. The maximum Gasteiger partial charge on any atom is 0.239 e. The minimum atomic E-state index is 0.0726. The van der Waals surface area contributed by atoms with Crippen LogP contribution in [-0.2, 0) is 4.79 Å². The van der Waals surface area contributed by atoms with E-state index in [1.54, 1.807) is 0 Å². The Morgan fingerprint density at radius 2 is 1.88 bits per heavy atom. The minimum absolute atomic E-state index is 0.0726. The molecule has 5 heteroatoms. The highest BCUT2D eigenvalue weighted by atomic mass is 16.3. The normalized spacial score (nSPS) is 23.7. The lowest BCUT2D eigenvalue weighted by molar-refractivity contribution is -0.137. The van der Waals surface area contributed by atoms with Gasteiger partial charge in [0.2, 0.25) is 5.91 Å². The summed E-state index contributed by atoms with van der Waals surface area (Å²) in [5.41, 5.74) is 1.78. The van der Waals surface area contributed by atoms with Gasteiger partial charge in [0.25, 0.3) is 0 Å². The number of likely N-dealkylation sites (tertiary alicyclic amines) is 2. The molecule has 0 radical (unpaired) electrons. The summed E-state index contributed by atoms with van der Waals surface area (Å²) in [6.07, 6.45) is 6.50. The van der Waals surface area contributed by atoms with E-state index in [4.69, 9.17) is 4.42 Å². The molecule has 1 atom stereocenters. The summed E-state index contributed by atoms with van der Waals surface area (Å²) in [5.74, 6) is 1.48. The molecule has 3 heterocycles. The number of aromatic nitrogens is 1. The molecular formula is C20H27N3O2. The van der Waals surface area contributed by atoms with Crippen LogP contribution in [-0.4, -0.2) is 53.4 Å². The number of oxazole rings is 1. The second kappa shape index (κ2) is 7.16. The van der Waals surface area contributed by atoms with Crippen molar-refractivity contribution in [2.45, 2.75) is 50.5 Å². The molecular weight excluding hydrogens is 314 g/mol. The van der Waals surface area contributed by atoms with Gasteiger partial charge in [-0.1, -0.05) is 25.0 Å². The van der Waals surface area contributed by atoms with E-state index in [1.807, 2.05) is 24.3 Å². The van der Waals surface area contributed by atoms with Gasteiger partial charge in [0.05, 0.1) is 6.04 Å². The number of carbonyl (C=O) groups excluding carboxylic acids is 1. The number of benzene rings is 1. The summed E-state index contributed by atoms with van der Waals surface area (Å²) in [6, 6.07) is 7.99. The second-order valence-corrected chi connectivity index (χ2v) is 7.47. The van der Waals surface area contributed by atoms with E-state index in [2.05, 4.69) is 21.8 Å². The van der Waals surface area contributed by atoms with Crippen molar-refractivity contribution < 1.29 is 9.21 Å². The molecule has 1 amide bonds. The van der Waals surface area contributed by atoms with Gasteiger partial charge in [-0.15, -0.1) is 0 Å². The monoisotopic (exact) mass is 341 g/mol. The number of carbonyl (C=O) groups is 1. The highest BCUT2D eigenvalue weighted by molar-refractivity contribution is 5.82. The van der Waals surface area contributed by atoms with E-state index < -0.39 is 0 Å². The predicted octanol–water partition coefficient (Wildman–Crippen LogP) is 3.41. The van der Waals surface area contributed by atoms with Crippen LogP contribution in [0.4, 0.5) is 0 Å². The molecule has 0 N–H and O–H groups in total. The number of hydrogen-bond donors (Lipinski definition) is 0.